The van der Waals surface area contributed by atoms with E-state index in [0.717, 1.165) is 18.6 Å². The first-order valence-electron chi connectivity index (χ1n) is 9.20. The fraction of sp³-hybridized carbons (Fsp3) is 0.474. The van der Waals surface area contributed by atoms with E-state index >= 15 is 0 Å². The first-order valence-corrected chi connectivity index (χ1v) is 11.0. The highest BCUT2D eigenvalue weighted by Gasteiger charge is 2.29. The van der Waals surface area contributed by atoms with Gasteiger partial charge in [0, 0.05) is 12.1 Å². The first-order chi connectivity index (χ1) is 13.0. The van der Waals surface area contributed by atoms with Gasteiger partial charge in [-0.1, -0.05) is 11.2 Å². The van der Waals surface area contributed by atoms with Gasteiger partial charge < -0.3 is 14.6 Å². The number of benzene rings is 1. The maximum absolute atomic E-state index is 12.2. The summed E-state index contributed by atoms with van der Waals surface area (Å²) in [5.41, 5.74) is 2.85. The molecule has 0 bridgehead atoms. The Balaban J connectivity index is 1.33. The molecule has 1 N–H and O–H groups in total. The number of carbonyl (C=O) groups excluding carboxylic acids is 1. The Hall–Kier alpha value is -2.35. The number of carbonyl (C=O) groups is 1. The lowest BCUT2D eigenvalue weighted by molar-refractivity contribution is 0.0931. The van der Waals surface area contributed by atoms with E-state index in [1.807, 2.05) is 6.07 Å². The van der Waals surface area contributed by atoms with Crippen LogP contribution in [-0.2, 0) is 29.3 Å². The smallest absolute Gasteiger partial charge is 0.273 e. The Morgan fingerprint density at radius 1 is 1.22 bits per heavy atom. The summed E-state index contributed by atoms with van der Waals surface area (Å²) in [5.74, 6) is 0.869. The third-order valence-electron chi connectivity index (χ3n) is 5.06. The second-order valence-corrected chi connectivity index (χ2v) is 9.41. The van der Waals surface area contributed by atoms with Crippen molar-refractivity contribution in [3.63, 3.8) is 0 Å². The quantitative estimate of drug-likeness (QED) is 0.839. The third kappa shape index (κ3) is 4.32. The average Bonchev–Trinajstić information content (AvgIpc) is 3.26. The first kappa shape index (κ1) is 18.0. The summed E-state index contributed by atoms with van der Waals surface area (Å²) < 4.78 is 33.9. The topological polar surface area (TPSA) is 98.5 Å². The number of rotatable bonds is 5. The molecular weight excluding hydrogens is 368 g/mol. The van der Waals surface area contributed by atoms with Gasteiger partial charge in [0.15, 0.2) is 21.3 Å². The molecule has 27 heavy (non-hydrogen) atoms. The van der Waals surface area contributed by atoms with Crippen LogP contribution in [0.3, 0.4) is 0 Å². The largest absolute Gasteiger partial charge is 0.486 e. The van der Waals surface area contributed by atoms with Crippen LogP contribution in [0.15, 0.2) is 28.8 Å². The van der Waals surface area contributed by atoms with E-state index in [4.69, 9.17) is 9.26 Å². The minimum absolute atomic E-state index is 0.0229. The van der Waals surface area contributed by atoms with Crippen molar-refractivity contribution in [2.24, 2.45) is 0 Å². The zero-order chi connectivity index (χ0) is 18.9. The summed E-state index contributed by atoms with van der Waals surface area (Å²) in [7, 11) is -3.04. The van der Waals surface area contributed by atoms with Gasteiger partial charge in [-0.25, -0.2) is 8.42 Å². The van der Waals surface area contributed by atoms with E-state index < -0.39 is 15.7 Å². The van der Waals surface area contributed by atoms with Gasteiger partial charge in [-0.2, -0.15) is 0 Å². The molecule has 1 aliphatic heterocycles. The Kier molecular flexibility index (Phi) is 4.90. The number of amides is 1. The van der Waals surface area contributed by atoms with Crippen molar-refractivity contribution in [3.8, 4) is 5.75 Å². The van der Waals surface area contributed by atoms with Gasteiger partial charge in [-0.15, -0.1) is 0 Å². The molecule has 1 unspecified atom stereocenters. The van der Waals surface area contributed by atoms with Crippen LogP contribution in [0.5, 0.6) is 5.75 Å². The van der Waals surface area contributed by atoms with Crippen LogP contribution in [0, 0.1) is 0 Å². The maximum atomic E-state index is 12.2. The van der Waals surface area contributed by atoms with Crippen molar-refractivity contribution < 1.29 is 22.5 Å². The van der Waals surface area contributed by atoms with Gasteiger partial charge in [-0.05, 0) is 55.4 Å². The molecule has 2 aromatic rings. The lowest BCUT2D eigenvalue weighted by atomic mass is 9.92. The maximum Gasteiger partial charge on any atom is 0.273 e. The molecule has 2 aliphatic rings. The molecule has 0 saturated carbocycles. The lowest BCUT2D eigenvalue weighted by Crippen LogP contribution is -2.35. The number of aromatic nitrogens is 1. The van der Waals surface area contributed by atoms with Crippen LogP contribution in [0.25, 0.3) is 0 Å². The Morgan fingerprint density at radius 3 is 2.81 bits per heavy atom. The van der Waals surface area contributed by atoms with Gasteiger partial charge in [0.2, 0.25) is 0 Å². The van der Waals surface area contributed by atoms with Crippen LogP contribution in [0.1, 0.15) is 46.6 Å². The summed E-state index contributed by atoms with van der Waals surface area (Å²) >= 11 is 0. The zero-order valence-corrected chi connectivity index (χ0v) is 15.8. The van der Waals surface area contributed by atoms with Crippen LogP contribution < -0.4 is 10.1 Å². The van der Waals surface area contributed by atoms with Crippen LogP contribution >= 0.6 is 0 Å². The average molecular weight is 390 g/mol. The molecule has 1 aromatic carbocycles. The fourth-order valence-corrected chi connectivity index (χ4v) is 5.28. The molecule has 1 aromatic heterocycles. The molecule has 2 heterocycles. The minimum atomic E-state index is -3.04. The molecule has 4 rings (SSSR count). The SMILES string of the molecule is O=C(NC1CCS(=O)(=O)C1)c1cc(COc2ccc3c(c2)CCCC3)on1. The summed E-state index contributed by atoms with van der Waals surface area (Å²) in [4.78, 5) is 12.2. The normalized spacial score (nSPS) is 20.8. The predicted molar refractivity (Wildman–Crippen MR) is 98.4 cm³/mol. The number of ether oxygens (including phenoxy) is 1. The fourth-order valence-electron chi connectivity index (χ4n) is 3.61. The second kappa shape index (κ2) is 7.34. The number of hydrogen-bond acceptors (Lipinski definition) is 6. The third-order valence-corrected chi connectivity index (χ3v) is 6.83. The van der Waals surface area contributed by atoms with Gasteiger partial charge >= 0.3 is 0 Å². The van der Waals surface area contributed by atoms with E-state index in [-0.39, 0.29) is 29.8 Å². The number of sulfone groups is 1. The van der Waals surface area contributed by atoms with Gasteiger partial charge in [0.25, 0.3) is 5.91 Å². The van der Waals surface area contributed by atoms with Crippen molar-refractivity contribution >= 4 is 15.7 Å². The van der Waals surface area contributed by atoms with Crippen molar-refractivity contribution in [3.05, 3.63) is 46.8 Å². The summed E-state index contributed by atoms with van der Waals surface area (Å²) in [5, 5.41) is 6.45. The molecule has 7 nitrogen and oxygen atoms in total. The monoisotopic (exact) mass is 390 g/mol. The van der Waals surface area contributed by atoms with Crippen molar-refractivity contribution in [1.82, 2.24) is 10.5 Å². The summed E-state index contributed by atoms with van der Waals surface area (Å²) in [6.07, 6.45) is 5.08. The molecule has 1 fully saturated rings. The highest BCUT2D eigenvalue weighted by Crippen LogP contribution is 2.25. The zero-order valence-electron chi connectivity index (χ0n) is 14.9. The van der Waals surface area contributed by atoms with Gasteiger partial charge in [0.1, 0.15) is 12.4 Å². The molecule has 1 atom stereocenters. The van der Waals surface area contributed by atoms with Crippen molar-refractivity contribution in [2.45, 2.75) is 44.8 Å². The van der Waals surface area contributed by atoms with E-state index in [1.165, 1.54) is 30.0 Å². The number of nitrogens with one attached hydrogen (secondary N) is 1. The standard InChI is InChI=1S/C19H22N2O5S/c22-19(20-15-7-8-27(23,24)12-15)18-10-17(26-21-18)11-25-16-6-5-13-3-1-2-4-14(13)9-16/h5-6,9-10,15H,1-4,7-8,11-12H2,(H,20,22). The molecular formula is C19H22N2O5S. The summed E-state index contributed by atoms with van der Waals surface area (Å²) in [6, 6.07) is 7.29. The van der Waals surface area contributed by atoms with E-state index in [9.17, 15) is 13.2 Å². The summed E-state index contributed by atoms with van der Waals surface area (Å²) in [6.45, 7) is 0.177. The highest BCUT2D eigenvalue weighted by atomic mass is 32.2. The molecule has 144 valence electrons. The van der Waals surface area contributed by atoms with E-state index in [0.29, 0.717) is 12.2 Å². The van der Waals surface area contributed by atoms with Gasteiger partial charge in [0.05, 0.1) is 11.5 Å². The number of aryl methyl sites for hydroxylation is 2. The number of hydrogen-bond donors (Lipinski definition) is 1. The second-order valence-electron chi connectivity index (χ2n) is 7.18. The molecule has 0 radical (unpaired) electrons. The van der Waals surface area contributed by atoms with Crippen molar-refractivity contribution in [1.29, 1.82) is 0 Å². The highest BCUT2D eigenvalue weighted by molar-refractivity contribution is 7.91. The lowest BCUT2D eigenvalue weighted by Gasteiger charge is -2.16. The Morgan fingerprint density at radius 2 is 2.04 bits per heavy atom. The molecule has 8 heteroatoms. The van der Waals surface area contributed by atoms with E-state index in [2.05, 4.69) is 22.6 Å². The van der Waals surface area contributed by atoms with E-state index in [1.54, 1.807) is 0 Å². The molecule has 1 saturated heterocycles. The van der Waals surface area contributed by atoms with Crippen molar-refractivity contribution in [2.75, 3.05) is 11.5 Å². The predicted octanol–water partition coefficient (Wildman–Crippen LogP) is 2.05. The number of fused-ring (bicyclic) bond motifs is 1. The number of nitrogens with zero attached hydrogens (tertiary/aromatic N) is 1. The molecule has 1 amide bonds. The molecule has 0 spiro atoms. The van der Waals surface area contributed by atoms with Crippen LogP contribution in [-0.4, -0.2) is 37.0 Å². The Labute approximate surface area is 158 Å². The Bertz CT molecular complexity index is 951. The van der Waals surface area contributed by atoms with Crippen LogP contribution in [0.2, 0.25) is 0 Å². The van der Waals surface area contributed by atoms with Crippen LogP contribution in [0.4, 0.5) is 0 Å². The molecule has 1 aliphatic carbocycles. The minimum Gasteiger partial charge on any atom is -0.486 e. The van der Waals surface area contributed by atoms with Gasteiger partial charge in [-0.3, -0.25) is 4.79 Å².